The Morgan fingerprint density at radius 2 is 1.71 bits per heavy atom. The van der Waals surface area contributed by atoms with Crippen molar-refractivity contribution in [2.45, 2.75) is 26.5 Å². The molecule has 1 amide bonds. The lowest BCUT2D eigenvalue weighted by molar-refractivity contribution is -0.117. The SMILES string of the molecule is COc1cc(C2C(C(=O)C=Cc3ccccc3)=C(O)C(=O)N2c2nc(C)c(C(C)=O)s2)ccc1OCc1ccccc1. The van der Waals surface area contributed by atoms with Crippen LogP contribution < -0.4 is 14.4 Å². The van der Waals surface area contributed by atoms with E-state index >= 15 is 0 Å². The second-order valence-electron chi connectivity index (χ2n) is 9.60. The van der Waals surface area contributed by atoms with Crippen molar-refractivity contribution in [3.8, 4) is 11.5 Å². The third-order valence-corrected chi connectivity index (χ3v) is 8.01. The fourth-order valence-electron chi connectivity index (χ4n) is 4.72. The van der Waals surface area contributed by atoms with Crippen molar-refractivity contribution in [1.29, 1.82) is 0 Å². The minimum atomic E-state index is -1.03. The molecule has 5 rings (SSSR count). The van der Waals surface area contributed by atoms with Crippen molar-refractivity contribution in [3.63, 3.8) is 0 Å². The van der Waals surface area contributed by atoms with E-state index in [2.05, 4.69) is 4.98 Å². The molecule has 3 aromatic carbocycles. The summed E-state index contributed by atoms with van der Waals surface area (Å²) in [4.78, 5) is 45.4. The third kappa shape index (κ3) is 5.73. The van der Waals surface area contributed by atoms with Crippen LogP contribution in [-0.4, -0.2) is 34.7 Å². The molecule has 8 nitrogen and oxygen atoms in total. The molecule has 9 heteroatoms. The molecule has 0 aliphatic carbocycles. The first-order valence-electron chi connectivity index (χ1n) is 13.2. The van der Waals surface area contributed by atoms with Crippen LogP contribution in [-0.2, 0) is 16.2 Å². The molecule has 0 radical (unpaired) electrons. The van der Waals surface area contributed by atoms with Gasteiger partial charge in [0.15, 0.2) is 34.0 Å². The number of hydrogen-bond acceptors (Lipinski definition) is 8. The Balaban J connectivity index is 1.56. The Kier molecular flexibility index (Phi) is 8.31. The van der Waals surface area contributed by atoms with Crippen molar-refractivity contribution in [3.05, 3.63) is 124 Å². The van der Waals surface area contributed by atoms with Gasteiger partial charge in [-0.05, 0) is 41.8 Å². The number of methoxy groups -OCH3 is 1. The number of hydrogen-bond donors (Lipinski definition) is 1. The Morgan fingerprint density at radius 3 is 2.36 bits per heavy atom. The van der Waals surface area contributed by atoms with E-state index in [9.17, 15) is 19.5 Å². The van der Waals surface area contributed by atoms with Crippen LogP contribution in [0.1, 0.15) is 45.0 Å². The van der Waals surface area contributed by atoms with E-state index in [1.807, 2.05) is 60.7 Å². The average molecular weight is 581 g/mol. The van der Waals surface area contributed by atoms with Gasteiger partial charge in [0.1, 0.15) is 6.61 Å². The smallest absolute Gasteiger partial charge is 0.296 e. The second kappa shape index (κ2) is 12.2. The summed E-state index contributed by atoms with van der Waals surface area (Å²) >= 11 is 1.03. The summed E-state index contributed by atoms with van der Waals surface area (Å²) in [6.07, 6.45) is 2.95. The van der Waals surface area contributed by atoms with Crippen LogP contribution in [0, 0.1) is 6.92 Å². The van der Waals surface area contributed by atoms with Gasteiger partial charge in [0.2, 0.25) is 0 Å². The minimum Gasteiger partial charge on any atom is -0.503 e. The van der Waals surface area contributed by atoms with E-state index in [0.717, 1.165) is 22.5 Å². The van der Waals surface area contributed by atoms with Gasteiger partial charge in [0.05, 0.1) is 29.3 Å². The first-order valence-corrected chi connectivity index (χ1v) is 14.0. The van der Waals surface area contributed by atoms with E-state index < -0.39 is 23.5 Å². The number of nitrogens with zero attached hydrogens (tertiary/aromatic N) is 2. The Morgan fingerprint density at radius 1 is 1.02 bits per heavy atom. The zero-order chi connectivity index (χ0) is 29.8. The summed E-state index contributed by atoms with van der Waals surface area (Å²) in [6, 6.07) is 22.9. The molecule has 4 aromatic rings. The number of aryl methyl sites for hydroxylation is 1. The van der Waals surface area contributed by atoms with E-state index in [4.69, 9.17) is 9.47 Å². The topological polar surface area (TPSA) is 106 Å². The lowest BCUT2D eigenvalue weighted by Gasteiger charge is -2.25. The number of ketones is 2. The monoisotopic (exact) mass is 580 g/mol. The molecule has 1 N–H and O–H groups in total. The van der Waals surface area contributed by atoms with Crippen LogP contribution in [0.5, 0.6) is 11.5 Å². The lowest BCUT2D eigenvalue weighted by atomic mass is 9.95. The summed E-state index contributed by atoms with van der Waals surface area (Å²) in [5.74, 6) is -1.35. The number of aliphatic hydroxyl groups is 1. The number of allylic oxidation sites excluding steroid dienone is 1. The van der Waals surface area contributed by atoms with Gasteiger partial charge < -0.3 is 14.6 Å². The highest BCUT2D eigenvalue weighted by Crippen LogP contribution is 2.45. The summed E-state index contributed by atoms with van der Waals surface area (Å²) in [7, 11) is 1.50. The largest absolute Gasteiger partial charge is 0.503 e. The predicted molar refractivity (Wildman–Crippen MR) is 161 cm³/mol. The van der Waals surface area contributed by atoms with Gasteiger partial charge in [-0.3, -0.25) is 19.3 Å². The maximum Gasteiger partial charge on any atom is 0.296 e. The molecule has 1 aliphatic heterocycles. The first-order chi connectivity index (χ1) is 20.3. The van der Waals surface area contributed by atoms with Gasteiger partial charge in [-0.2, -0.15) is 0 Å². The Labute approximate surface area is 247 Å². The molecule has 42 heavy (non-hydrogen) atoms. The molecular formula is C33H28N2O6S. The lowest BCUT2D eigenvalue weighted by Crippen LogP contribution is -2.30. The number of Topliss-reactive ketones (excluding diaryl/α,β-unsaturated/α-hetero) is 1. The summed E-state index contributed by atoms with van der Waals surface area (Å²) in [5, 5.41) is 11.2. The van der Waals surface area contributed by atoms with Crippen LogP contribution in [0.2, 0.25) is 0 Å². The zero-order valence-corrected chi connectivity index (χ0v) is 24.1. The Bertz CT molecular complexity index is 1710. The maximum atomic E-state index is 13.6. The van der Waals surface area contributed by atoms with E-state index in [-0.39, 0.29) is 16.5 Å². The maximum absolute atomic E-state index is 13.6. The zero-order valence-electron chi connectivity index (χ0n) is 23.2. The first kappa shape index (κ1) is 28.5. The number of aromatic nitrogens is 1. The molecule has 0 bridgehead atoms. The number of rotatable bonds is 10. The molecule has 1 aromatic heterocycles. The van der Waals surface area contributed by atoms with Crippen LogP contribution in [0.3, 0.4) is 0 Å². The van der Waals surface area contributed by atoms with Gasteiger partial charge in [-0.15, -0.1) is 0 Å². The predicted octanol–water partition coefficient (Wildman–Crippen LogP) is 6.42. The summed E-state index contributed by atoms with van der Waals surface area (Å²) in [6.45, 7) is 3.41. The number of carbonyl (C=O) groups excluding carboxylic acids is 3. The fourth-order valence-corrected chi connectivity index (χ4v) is 5.71. The molecule has 0 spiro atoms. The normalized spacial score (nSPS) is 15.0. The van der Waals surface area contributed by atoms with Gasteiger partial charge in [0, 0.05) is 6.92 Å². The van der Waals surface area contributed by atoms with Crippen molar-refractivity contribution in [2.75, 3.05) is 12.0 Å². The average Bonchev–Trinajstić information content (AvgIpc) is 3.52. The highest BCUT2D eigenvalue weighted by Gasteiger charge is 2.45. The summed E-state index contributed by atoms with van der Waals surface area (Å²) in [5.41, 5.74) is 2.60. The van der Waals surface area contributed by atoms with Crippen LogP contribution in [0.4, 0.5) is 5.13 Å². The molecule has 2 heterocycles. The third-order valence-electron chi connectivity index (χ3n) is 6.75. The number of aliphatic hydroxyl groups excluding tert-OH is 1. The number of anilines is 1. The number of ether oxygens (including phenoxy) is 2. The molecule has 1 aliphatic rings. The Hall–Kier alpha value is -5.02. The molecule has 1 unspecified atom stereocenters. The number of carbonyl (C=O) groups is 3. The second-order valence-corrected chi connectivity index (χ2v) is 10.6. The number of amides is 1. The number of thiazole rings is 1. The van der Waals surface area contributed by atoms with Gasteiger partial charge in [-0.25, -0.2) is 4.98 Å². The number of benzene rings is 3. The van der Waals surface area contributed by atoms with E-state index in [1.165, 1.54) is 25.0 Å². The summed E-state index contributed by atoms with van der Waals surface area (Å²) < 4.78 is 11.6. The molecule has 0 saturated heterocycles. The van der Waals surface area contributed by atoms with Gasteiger partial charge in [0.25, 0.3) is 5.91 Å². The highest BCUT2D eigenvalue weighted by molar-refractivity contribution is 7.17. The molecule has 1 atom stereocenters. The molecule has 0 fully saturated rings. The minimum absolute atomic E-state index is 0.107. The van der Waals surface area contributed by atoms with Crippen LogP contribution in [0.25, 0.3) is 6.08 Å². The highest BCUT2D eigenvalue weighted by atomic mass is 32.1. The van der Waals surface area contributed by atoms with E-state index in [1.54, 1.807) is 31.2 Å². The van der Waals surface area contributed by atoms with E-state index in [0.29, 0.717) is 34.2 Å². The van der Waals surface area contributed by atoms with Crippen molar-refractivity contribution in [1.82, 2.24) is 4.98 Å². The van der Waals surface area contributed by atoms with Crippen molar-refractivity contribution in [2.24, 2.45) is 0 Å². The standard InChI is InChI=1S/C33H28N2O6S/c1-20-31(21(2)36)42-33(34-20)35-29(28(30(38)32(35)39)25(37)16-14-22-10-6-4-7-11-22)24-15-17-26(27(18-24)40-3)41-19-23-12-8-5-9-13-23/h4-18,29,38H,19H2,1-3H3. The molecule has 212 valence electrons. The van der Waals surface area contributed by atoms with Crippen molar-refractivity contribution < 1.29 is 29.0 Å². The quantitative estimate of drug-likeness (QED) is 0.170. The molecular weight excluding hydrogens is 552 g/mol. The van der Waals surface area contributed by atoms with Crippen LogP contribution in [0.15, 0.2) is 96.3 Å². The van der Waals surface area contributed by atoms with Gasteiger partial charge >= 0.3 is 0 Å². The van der Waals surface area contributed by atoms with Crippen LogP contribution >= 0.6 is 11.3 Å². The fraction of sp³-hybridized carbons (Fsp3) is 0.152. The van der Waals surface area contributed by atoms with Gasteiger partial charge in [-0.1, -0.05) is 84.1 Å². The molecule has 0 saturated carbocycles. The van der Waals surface area contributed by atoms with Crippen molar-refractivity contribution >= 4 is 40.0 Å².